The van der Waals surface area contributed by atoms with Gasteiger partial charge in [0.1, 0.15) is 5.76 Å². The summed E-state index contributed by atoms with van der Waals surface area (Å²) >= 11 is 0. The molecule has 4 aromatic carbocycles. The third-order valence-electron chi connectivity index (χ3n) is 6.48. The standard InChI is InChI=1S/C31H25NO5/c1-3-37-31(36)21-13-15-25(16-14-21)32-27(23-10-6-7-19(2)17-23)26(29(34)30(32)35)28(33)24-12-11-20-8-4-5-9-22(20)18-24/h4-18,27,33H,3H2,1-2H3/b28-26-. The summed E-state index contributed by atoms with van der Waals surface area (Å²) in [6.07, 6.45) is 0. The van der Waals surface area contributed by atoms with Crippen LogP contribution in [0, 0.1) is 6.92 Å². The molecule has 0 radical (unpaired) electrons. The van der Waals surface area contributed by atoms with Crippen LogP contribution in [-0.2, 0) is 14.3 Å². The molecule has 1 atom stereocenters. The molecule has 0 spiro atoms. The monoisotopic (exact) mass is 491 g/mol. The fourth-order valence-corrected chi connectivity index (χ4v) is 4.72. The van der Waals surface area contributed by atoms with Crippen LogP contribution in [0.2, 0.25) is 0 Å². The number of Topliss-reactive ketones (excluding diaryl/α,β-unsaturated/α-hetero) is 1. The molecule has 1 unspecified atom stereocenters. The molecule has 0 saturated carbocycles. The minimum Gasteiger partial charge on any atom is -0.507 e. The smallest absolute Gasteiger partial charge is 0.338 e. The number of fused-ring (bicyclic) bond motifs is 1. The number of amides is 1. The topological polar surface area (TPSA) is 83.9 Å². The first-order valence-electron chi connectivity index (χ1n) is 12.0. The van der Waals surface area contributed by atoms with Crippen LogP contribution in [0.25, 0.3) is 16.5 Å². The Hall–Kier alpha value is -4.71. The van der Waals surface area contributed by atoms with E-state index in [1.165, 1.54) is 4.90 Å². The molecule has 4 aromatic rings. The number of benzene rings is 4. The Labute approximate surface area is 214 Å². The average molecular weight is 492 g/mol. The molecule has 6 nitrogen and oxygen atoms in total. The number of carbonyl (C=O) groups is 3. The molecule has 5 rings (SSSR count). The first-order valence-corrected chi connectivity index (χ1v) is 12.0. The summed E-state index contributed by atoms with van der Waals surface area (Å²) in [4.78, 5) is 40.3. The van der Waals surface area contributed by atoms with Crippen molar-refractivity contribution in [2.75, 3.05) is 11.5 Å². The molecule has 0 aromatic heterocycles. The number of hydrogen-bond acceptors (Lipinski definition) is 5. The largest absolute Gasteiger partial charge is 0.507 e. The molecule has 1 N–H and O–H groups in total. The Bertz CT molecular complexity index is 1570. The second-order valence-corrected chi connectivity index (χ2v) is 8.91. The van der Waals surface area contributed by atoms with Crippen molar-refractivity contribution >= 4 is 39.9 Å². The summed E-state index contributed by atoms with van der Waals surface area (Å²) in [6.45, 7) is 3.90. The Morgan fingerprint density at radius 2 is 1.57 bits per heavy atom. The van der Waals surface area contributed by atoms with E-state index in [2.05, 4.69) is 0 Å². The second-order valence-electron chi connectivity index (χ2n) is 8.91. The van der Waals surface area contributed by atoms with Crippen molar-refractivity contribution in [2.45, 2.75) is 19.9 Å². The number of rotatable bonds is 5. The van der Waals surface area contributed by atoms with E-state index in [0.29, 0.717) is 22.4 Å². The van der Waals surface area contributed by atoms with E-state index in [9.17, 15) is 19.5 Å². The summed E-state index contributed by atoms with van der Waals surface area (Å²) in [5.74, 6) is -2.23. The van der Waals surface area contributed by atoms with Crippen molar-refractivity contribution < 1.29 is 24.2 Å². The van der Waals surface area contributed by atoms with E-state index in [1.807, 2.05) is 61.5 Å². The van der Waals surface area contributed by atoms with Crippen LogP contribution >= 0.6 is 0 Å². The molecule has 1 amide bonds. The van der Waals surface area contributed by atoms with Gasteiger partial charge < -0.3 is 9.84 Å². The molecule has 1 saturated heterocycles. The van der Waals surface area contributed by atoms with Crippen molar-refractivity contribution in [1.82, 2.24) is 0 Å². The van der Waals surface area contributed by atoms with Gasteiger partial charge in [0, 0.05) is 11.3 Å². The number of nitrogens with zero attached hydrogens (tertiary/aromatic N) is 1. The zero-order valence-electron chi connectivity index (χ0n) is 20.5. The second kappa shape index (κ2) is 9.74. The normalized spacial score (nSPS) is 16.8. The van der Waals surface area contributed by atoms with Gasteiger partial charge in [0.25, 0.3) is 11.7 Å². The molecule has 184 valence electrons. The number of carbonyl (C=O) groups excluding carboxylic acids is 3. The molecule has 1 heterocycles. The summed E-state index contributed by atoms with van der Waals surface area (Å²) in [5, 5.41) is 13.3. The highest BCUT2D eigenvalue weighted by molar-refractivity contribution is 6.51. The van der Waals surface area contributed by atoms with Gasteiger partial charge in [0.2, 0.25) is 0 Å². The van der Waals surface area contributed by atoms with E-state index in [0.717, 1.165) is 16.3 Å². The van der Waals surface area contributed by atoms with Crippen molar-refractivity contribution in [1.29, 1.82) is 0 Å². The predicted octanol–water partition coefficient (Wildman–Crippen LogP) is 5.95. The number of ether oxygens (including phenoxy) is 1. The predicted molar refractivity (Wildman–Crippen MR) is 142 cm³/mol. The van der Waals surface area contributed by atoms with E-state index >= 15 is 0 Å². The van der Waals surface area contributed by atoms with Gasteiger partial charge in [-0.25, -0.2) is 4.79 Å². The molecule has 1 aliphatic heterocycles. The SMILES string of the molecule is CCOC(=O)c1ccc(N2C(=O)C(=O)/C(=C(\O)c3ccc4ccccc4c3)C2c2cccc(C)c2)cc1. The number of ketones is 1. The summed E-state index contributed by atoms with van der Waals surface area (Å²) in [7, 11) is 0. The Kier molecular flexibility index (Phi) is 6.32. The Morgan fingerprint density at radius 3 is 2.27 bits per heavy atom. The molecule has 1 aliphatic rings. The van der Waals surface area contributed by atoms with Gasteiger partial charge in [-0.1, -0.05) is 66.2 Å². The van der Waals surface area contributed by atoms with Crippen molar-refractivity contribution in [3.05, 3.63) is 119 Å². The molecule has 0 bridgehead atoms. The van der Waals surface area contributed by atoms with Gasteiger partial charge in [-0.2, -0.15) is 0 Å². The van der Waals surface area contributed by atoms with Gasteiger partial charge in [-0.15, -0.1) is 0 Å². The first-order chi connectivity index (χ1) is 17.9. The van der Waals surface area contributed by atoms with Crippen LogP contribution in [0.5, 0.6) is 0 Å². The summed E-state index contributed by atoms with van der Waals surface area (Å²) in [5.41, 5.74) is 2.87. The first kappa shape index (κ1) is 24.0. The Balaban J connectivity index is 1.66. The van der Waals surface area contributed by atoms with Crippen LogP contribution in [-0.4, -0.2) is 29.4 Å². The number of anilines is 1. The lowest BCUT2D eigenvalue weighted by Crippen LogP contribution is -2.29. The van der Waals surface area contributed by atoms with E-state index in [-0.39, 0.29) is 17.9 Å². The highest BCUT2D eigenvalue weighted by Crippen LogP contribution is 2.42. The highest BCUT2D eigenvalue weighted by atomic mass is 16.5. The molecular formula is C31H25NO5. The maximum Gasteiger partial charge on any atom is 0.338 e. The van der Waals surface area contributed by atoms with Crippen LogP contribution in [0.3, 0.4) is 0 Å². The fraction of sp³-hybridized carbons (Fsp3) is 0.129. The van der Waals surface area contributed by atoms with Gasteiger partial charge in [-0.05, 0) is 60.5 Å². The van der Waals surface area contributed by atoms with Crippen molar-refractivity contribution in [2.24, 2.45) is 0 Å². The third kappa shape index (κ3) is 4.38. The van der Waals surface area contributed by atoms with Crippen LogP contribution < -0.4 is 4.90 Å². The van der Waals surface area contributed by atoms with Gasteiger partial charge >= 0.3 is 5.97 Å². The van der Waals surface area contributed by atoms with E-state index in [4.69, 9.17) is 4.74 Å². The molecule has 37 heavy (non-hydrogen) atoms. The van der Waals surface area contributed by atoms with Crippen LogP contribution in [0.15, 0.2) is 96.6 Å². The number of aryl methyl sites for hydroxylation is 1. The number of aliphatic hydroxyl groups excluding tert-OH is 1. The number of aliphatic hydroxyl groups is 1. The minimum absolute atomic E-state index is 0.0142. The lowest BCUT2D eigenvalue weighted by Gasteiger charge is -2.26. The van der Waals surface area contributed by atoms with Crippen molar-refractivity contribution in [3.8, 4) is 0 Å². The summed E-state index contributed by atoms with van der Waals surface area (Å²) < 4.78 is 5.05. The maximum atomic E-state index is 13.4. The summed E-state index contributed by atoms with van der Waals surface area (Å²) in [6, 6.07) is 26.1. The van der Waals surface area contributed by atoms with Gasteiger partial charge in [0.05, 0.1) is 23.8 Å². The van der Waals surface area contributed by atoms with Crippen LogP contribution in [0.1, 0.15) is 40.0 Å². The minimum atomic E-state index is -0.847. The molecule has 6 heteroatoms. The lowest BCUT2D eigenvalue weighted by atomic mass is 9.93. The van der Waals surface area contributed by atoms with Gasteiger partial charge in [0.15, 0.2) is 0 Å². The fourth-order valence-electron chi connectivity index (χ4n) is 4.72. The average Bonchev–Trinajstić information content (AvgIpc) is 3.18. The number of hydrogen-bond donors (Lipinski definition) is 1. The number of esters is 1. The molecule has 0 aliphatic carbocycles. The van der Waals surface area contributed by atoms with Crippen LogP contribution in [0.4, 0.5) is 5.69 Å². The van der Waals surface area contributed by atoms with E-state index < -0.39 is 23.7 Å². The third-order valence-corrected chi connectivity index (χ3v) is 6.48. The van der Waals surface area contributed by atoms with E-state index in [1.54, 1.807) is 43.3 Å². The molecule has 1 fully saturated rings. The Morgan fingerprint density at radius 1 is 0.865 bits per heavy atom. The molecular weight excluding hydrogens is 466 g/mol. The maximum absolute atomic E-state index is 13.4. The zero-order chi connectivity index (χ0) is 26.1. The van der Waals surface area contributed by atoms with Gasteiger partial charge in [-0.3, -0.25) is 14.5 Å². The quantitative estimate of drug-likeness (QED) is 0.161. The highest BCUT2D eigenvalue weighted by Gasteiger charge is 2.47. The van der Waals surface area contributed by atoms with Crippen molar-refractivity contribution in [3.63, 3.8) is 0 Å². The lowest BCUT2D eigenvalue weighted by molar-refractivity contribution is -0.132. The zero-order valence-corrected chi connectivity index (χ0v) is 20.5.